The van der Waals surface area contributed by atoms with Gasteiger partial charge in [-0.1, -0.05) is 30.8 Å². The zero-order valence-electron chi connectivity index (χ0n) is 16.0. The minimum absolute atomic E-state index is 0.108. The van der Waals surface area contributed by atoms with Crippen molar-refractivity contribution in [3.63, 3.8) is 0 Å². The van der Waals surface area contributed by atoms with Gasteiger partial charge >= 0.3 is 6.18 Å². The lowest BCUT2D eigenvalue weighted by Crippen LogP contribution is -2.03. The molecular weight excluding hydrogens is 429 g/mol. The summed E-state index contributed by atoms with van der Waals surface area (Å²) in [6.45, 7) is 5.46. The lowest BCUT2D eigenvalue weighted by atomic mass is 10.1. The van der Waals surface area contributed by atoms with Gasteiger partial charge in [-0.25, -0.2) is 9.97 Å². The van der Waals surface area contributed by atoms with Gasteiger partial charge in [-0.3, -0.25) is 0 Å². The minimum atomic E-state index is -4.35. The maximum atomic E-state index is 12.8. The summed E-state index contributed by atoms with van der Waals surface area (Å²) in [5, 5.41) is 11.1. The number of halogens is 3. The Hall–Kier alpha value is -2.71. The summed E-state index contributed by atoms with van der Waals surface area (Å²) >= 11 is 3.04. The standard InChI is InChI=1S/C22H17F3N2OS2/c1-12(28)10-15-4-3-5-17-20(15)30-19(27-17)11-18-13(2)26-21(29-18)14-6-8-16(9-7-14)22(23,24)25/h3-9,28H,1,10-11H2,2H3. The molecule has 0 spiro atoms. The van der Waals surface area contributed by atoms with Gasteiger partial charge in [-0.15, -0.1) is 22.7 Å². The van der Waals surface area contributed by atoms with Crippen LogP contribution in [0.25, 0.3) is 20.8 Å². The Morgan fingerprint density at radius 1 is 1.07 bits per heavy atom. The highest BCUT2D eigenvalue weighted by Crippen LogP contribution is 2.35. The number of rotatable bonds is 5. The van der Waals surface area contributed by atoms with Crippen molar-refractivity contribution in [3.8, 4) is 10.6 Å². The van der Waals surface area contributed by atoms with Gasteiger partial charge in [0, 0.05) is 23.3 Å². The van der Waals surface area contributed by atoms with Crippen molar-refractivity contribution in [2.24, 2.45) is 0 Å². The molecule has 2 aromatic heterocycles. The first-order valence-corrected chi connectivity index (χ1v) is 10.7. The van der Waals surface area contributed by atoms with E-state index in [1.165, 1.54) is 23.5 Å². The lowest BCUT2D eigenvalue weighted by molar-refractivity contribution is -0.137. The van der Waals surface area contributed by atoms with Gasteiger partial charge in [0.1, 0.15) is 5.01 Å². The summed E-state index contributed by atoms with van der Waals surface area (Å²) in [7, 11) is 0. The van der Waals surface area contributed by atoms with Crippen LogP contribution in [0.3, 0.4) is 0 Å². The number of alkyl halides is 3. The summed E-state index contributed by atoms with van der Waals surface area (Å²) in [5.74, 6) is 0.108. The average molecular weight is 447 g/mol. The molecule has 0 aliphatic heterocycles. The molecule has 30 heavy (non-hydrogen) atoms. The Balaban J connectivity index is 1.60. The number of aryl methyl sites for hydroxylation is 1. The Morgan fingerprint density at radius 2 is 1.80 bits per heavy atom. The van der Waals surface area contributed by atoms with Crippen LogP contribution in [-0.2, 0) is 19.0 Å². The highest BCUT2D eigenvalue weighted by Gasteiger charge is 2.30. The van der Waals surface area contributed by atoms with Crippen molar-refractivity contribution < 1.29 is 18.3 Å². The van der Waals surface area contributed by atoms with E-state index >= 15 is 0 Å². The molecule has 0 bridgehead atoms. The van der Waals surface area contributed by atoms with E-state index in [9.17, 15) is 18.3 Å². The maximum absolute atomic E-state index is 12.8. The number of hydrogen-bond acceptors (Lipinski definition) is 5. The van der Waals surface area contributed by atoms with Crippen LogP contribution in [-0.4, -0.2) is 15.1 Å². The number of nitrogens with zero attached hydrogens (tertiary/aromatic N) is 2. The summed E-state index contributed by atoms with van der Waals surface area (Å²) < 4.78 is 39.4. The fourth-order valence-electron chi connectivity index (χ4n) is 3.14. The van der Waals surface area contributed by atoms with Crippen molar-refractivity contribution >= 4 is 32.9 Å². The number of allylic oxidation sites excluding steroid dienone is 1. The summed E-state index contributed by atoms with van der Waals surface area (Å²) in [5.41, 5.74) is 2.69. The highest BCUT2D eigenvalue weighted by molar-refractivity contribution is 7.19. The van der Waals surface area contributed by atoms with E-state index in [4.69, 9.17) is 4.98 Å². The third-order valence-electron chi connectivity index (χ3n) is 4.60. The molecule has 8 heteroatoms. The highest BCUT2D eigenvalue weighted by atomic mass is 32.1. The zero-order valence-corrected chi connectivity index (χ0v) is 17.6. The quantitative estimate of drug-likeness (QED) is 0.337. The van der Waals surface area contributed by atoms with E-state index in [0.717, 1.165) is 43.5 Å². The van der Waals surface area contributed by atoms with Crippen LogP contribution in [0.4, 0.5) is 13.2 Å². The first kappa shape index (κ1) is 20.6. The average Bonchev–Trinajstić information content (AvgIpc) is 3.25. The van der Waals surface area contributed by atoms with Gasteiger partial charge in [-0.2, -0.15) is 13.2 Å². The SMILES string of the molecule is C=C(O)Cc1cccc2nc(Cc3sc(-c4ccc(C(F)(F)F)cc4)nc3C)sc12. The van der Waals surface area contributed by atoms with Crippen LogP contribution >= 0.6 is 22.7 Å². The number of aromatic nitrogens is 2. The molecule has 1 N–H and O–H groups in total. The molecule has 2 aromatic carbocycles. The normalized spacial score (nSPS) is 11.9. The molecule has 0 amide bonds. The largest absolute Gasteiger partial charge is 0.513 e. The lowest BCUT2D eigenvalue weighted by Gasteiger charge is -2.06. The van der Waals surface area contributed by atoms with E-state index in [1.807, 2.05) is 25.1 Å². The van der Waals surface area contributed by atoms with Crippen LogP contribution in [0.2, 0.25) is 0 Å². The molecule has 0 radical (unpaired) electrons. The van der Waals surface area contributed by atoms with Crippen LogP contribution in [0.1, 0.15) is 26.7 Å². The van der Waals surface area contributed by atoms with E-state index < -0.39 is 11.7 Å². The number of thiazole rings is 2. The molecule has 0 aliphatic rings. The van der Waals surface area contributed by atoms with Crippen LogP contribution in [0.15, 0.2) is 54.8 Å². The number of fused-ring (bicyclic) bond motifs is 1. The van der Waals surface area contributed by atoms with Crippen molar-refractivity contribution in [1.29, 1.82) is 0 Å². The van der Waals surface area contributed by atoms with Crippen LogP contribution < -0.4 is 0 Å². The topological polar surface area (TPSA) is 46.0 Å². The van der Waals surface area contributed by atoms with Crippen molar-refractivity contribution in [3.05, 3.63) is 81.5 Å². The van der Waals surface area contributed by atoms with Crippen LogP contribution in [0, 0.1) is 6.92 Å². The van der Waals surface area contributed by atoms with E-state index in [0.29, 0.717) is 23.4 Å². The number of aliphatic hydroxyl groups excluding tert-OH is 1. The molecule has 0 saturated carbocycles. The molecule has 0 aliphatic carbocycles. The third-order valence-corrected chi connectivity index (χ3v) is 6.95. The summed E-state index contributed by atoms with van der Waals surface area (Å²) in [6.07, 6.45) is -3.36. The maximum Gasteiger partial charge on any atom is 0.416 e. The van der Waals surface area contributed by atoms with E-state index in [-0.39, 0.29) is 5.76 Å². The van der Waals surface area contributed by atoms with Gasteiger partial charge in [-0.05, 0) is 30.7 Å². The van der Waals surface area contributed by atoms with Gasteiger partial charge in [0.25, 0.3) is 0 Å². The molecule has 0 fully saturated rings. The Morgan fingerprint density at radius 3 is 2.47 bits per heavy atom. The smallest absolute Gasteiger partial charge is 0.416 e. The van der Waals surface area contributed by atoms with E-state index in [2.05, 4.69) is 11.6 Å². The molecule has 154 valence electrons. The fourth-order valence-corrected chi connectivity index (χ4v) is 5.39. The second kappa shape index (κ2) is 7.85. The van der Waals surface area contributed by atoms with Crippen LogP contribution in [0.5, 0.6) is 0 Å². The Bertz CT molecular complexity index is 1220. The molecule has 4 aromatic rings. The van der Waals surface area contributed by atoms with Gasteiger partial charge in [0.05, 0.1) is 32.2 Å². The molecule has 2 heterocycles. The molecule has 3 nitrogen and oxygen atoms in total. The van der Waals surface area contributed by atoms with Crippen molar-refractivity contribution in [2.45, 2.75) is 25.9 Å². The first-order chi connectivity index (χ1) is 14.2. The third kappa shape index (κ3) is 4.24. The van der Waals surface area contributed by atoms with Crippen molar-refractivity contribution in [2.75, 3.05) is 0 Å². The molecule has 0 unspecified atom stereocenters. The number of aliphatic hydroxyl groups is 1. The Kier molecular flexibility index (Phi) is 5.38. The number of hydrogen-bond donors (Lipinski definition) is 1. The minimum Gasteiger partial charge on any atom is -0.513 e. The zero-order chi connectivity index (χ0) is 21.5. The van der Waals surface area contributed by atoms with Gasteiger partial charge in [0.15, 0.2) is 0 Å². The Labute approximate surface area is 179 Å². The predicted octanol–water partition coefficient (Wildman–Crippen LogP) is 6.95. The fraction of sp³-hybridized carbons (Fsp3) is 0.182. The second-order valence-electron chi connectivity index (χ2n) is 6.90. The van der Waals surface area contributed by atoms with E-state index in [1.54, 1.807) is 11.3 Å². The summed E-state index contributed by atoms with van der Waals surface area (Å²) in [6, 6.07) is 10.9. The summed E-state index contributed by atoms with van der Waals surface area (Å²) in [4.78, 5) is 10.3. The predicted molar refractivity (Wildman–Crippen MR) is 115 cm³/mol. The first-order valence-electron chi connectivity index (χ1n) is 9.08. The molecule has 0 atom stereocenters. The molecule has 0 saturated heterocycles. The monoisotopic (exact) mass is 446 g/mol. The van der Waals surface area contributed by atoms with Gasteiger partial charge < -0.3 is 5.11 Å². The molecule has 4 rings (SSSR count). The molecular formula is C22H17F3N2OS2. The van der Waals surface area contributed by atoms with Gasteiger partial charge in [0.2, 0.25) is 0 Å². The number of benzene rings is 2. The van der Waals surface area contributed by atoms with Crippen molar-refractivity contribution in [1.82, 2.24) is 9.97 Å². The second-order valence-corrected chi connectivity index (χ2v) is 9.06.